The van der Waals surface area contributed by atoms with Crippen molar-refractivity contribution in [3.63, 3.8) is 0 Å². The highest BCUT2D eigenvalue weighted by atomic mass is 15.2. The lowest BCUT2D eigenvalue weighted by atomic mass is 9.62. The summed E-state index contributed by atoms with van der Waals surface area (Å²) < 4.78 is 0. The highest BCUT2D eigenvalue weighted by molar-refractivity contribution is 5.91. The first kappa shape index (κ1) is 44.2. The molecule has 0 aromatic heterocycles. The number of aryl methyl sites for hydroxylation is 10. The lowest BCUT2D eigenvalue weighted by Crippen LogP contribution is -2.38. The van der Waals surface area contributed by atoms with Crippen LogP contribution in [0.5, 0.6) is 0 Å². The van der Waals surface area contributed by atoms with Gasteiger partial charge in [0.05, 0.1) is 16.8 Å². The number of benzene rings is 9. The number of anilines is 9. The van der Waals surface area contributed by atoms with E-state index in [1.165, 1.54) is 112 Å². The molecular weight excluding hydrogens is 823 g/mol. The third-order valence-electron chi connectivity index (χ3n) is 14.1. The Morgan fingerprint density at radius 1 is 0.309 bits per heavy atom. The maximum Gasteiger partial charge on any atom is 0.0742 e. The van der Waals surface area contributed by atoms with Gasteiger partial charge in [-0.15, -0.1) is 0 Å². The van der Waals surface area contributed by atoms with Gasteiger partial charge in [0.25, 0.3) is 0 Å². The monoisotopic (exact) mass is 883 g/mol. The van der Waals surface area contributed by atoms with Crippen LogP contribution in [0.1, 0.15) is 77.9 Å². The van der Waals surface area contributed by atoms with Crippen LogP contribution in [0.3, 0.4) is 0 Å². The molecule has 0 N–H and O–H groups in total. The van der Waals surface area contributed by atoms with Gasteiger partial charge in [-0.1, -0.05) is 149 Å². The molecule has 3 nitrogen and oxygen atoms in total. The molecule has 0 unspecified atom stereocenters. The van der Waals surface area contributed by atoms with Crippen LogP contribution in [0.4, 0.5) is 51.2 Å². The van der Waals surface area contributed by atoms with E-state index in [1.807, 2.05) is 0 Å². The largest absolute Gasteiger partial charge is 0.310 e. The fourth-order valence-electron chi connectivity index (χ4n) is 10.9. The molecule has 1 aliphatic heterocycles. The van der Waals surface area contributed by atoms with Crippen molar-refractivity contribution in [2.75, 3.05) is 14.7 Å². The van der Waals surface area contributed by atoms with Gasteiger partial charge in [-0.3, -0.25) is 0 Å². The summed E-state index contributed by atoms with van der Waals surface area (Å²) >= 11 is 0. The van der Waals surface area contributed by atoms with Gasteiger partial charge in [0, 0.05) is 39.8 Å². The lowest BCUT2D eigenvalue weighted by Gasteiger charge is -2.47. The summed E-state index contributed by atoms with van der Waals surface area (Å²) in [6.45, 7) is 22.0. The SMILES string of the molecule is Cc1ccc(N2c3ccccc3C(c3ccc(N(c4ccc(C)cc4C)c4ccc(C)cc4C)cc3)(c3ccc(N(c4ccc(C)cc4C)c4ccc(C)cc4C)cc3)c3cc(C)ccc32)cc1. The first-order valence-corrected chi connectivity index (χ1v) is 24.0. The quantitative estimate of drug-likeness (QED) is 0.143. The first-order chi connectivity index (χ1) is 32.8. The average molecular weight is 884 g/mol. The second kappa shape index (κ2) is 17.6. The third kappa shape index (κ3) is 7.66. The summed E-state index contributed by atoms with van der Waals surface area (Å²) in [7, 11) is 0. The summed E-state index contributed by atoms with van der Waals surface area (Å²) in [4.78, 5) is 7.35. The van der Waals surface area contributed by atoms with Crippen molar-refractivity contribution in [1.82, 2.24) is 0 Å². The summed E-state index contributed by atoms with van der Waals surface area (Å²) in [6, 6.07) is 71.2. The van der Waals surface area contributed by atoms with Crippen molar-refractivity contribution >= 4 is 51.2 Å². The van der Waals surface area contributed by atoms with Crippen LogP contribution < -0.4 is 14.7 Å². The van der Waals surface area contributed by atoms with Crippen LogP contribution in [0.15, 0.2) is 188 Å². The van der Waals surface area contributed by atoms with E-state index in [4.69, 9.17) is 0 Å². The maximum absolute atomic E-state index is 2.47. The van der Waals surface area contributed by atoms with Crippen molar-refractivity contribution < 1.29 is 0 Å². The van der Waals surface area contributed by atoms with E-state index in [0.29, 0.717) is 0 Å². The molecule has 0 saturated heterocycles. The van der Waals surface area contributed by atoms with Crippen molar-refractivity contribution in [3.05, 3.63) is 266 Å². The van der Waals surface area contributed by atoms with Gasteiger partial charge in [0.1, 0.15) is 0 Å². The molecule has 9 aromatic rings. The van der Waals surface area contributed by atoms with E-state index >= 15 is 0 Å². The molecule has 0 saturated carbocycles. The van der Waals surface area contributed by atoms with E-state index in [0.717, 1.165) is 17.1 Å². The summed E-state index contributed by atoms with van der Waals surface area (Å²) in [5.41, 5.74) is 27.1. The second-order valence-corrected chi connectivity index (χ2v) is 19.4. The van der Waals surface area contributed by atoms with Gasteiger partial charge in [0.2, 0.25) is 0 Å². The predicted octanol–water partition coefficient (Wildman–Crippen LogP) is 17.9. The maximum atomic E-state index is 2.47. The zero-order valence-electron chi connectivity index (χ0n) is 41.2. The highest BCUT2D eigenvalue weighted by Crippen LogP contribution is 2.58. The van der Waals surface area contributed by atoms with Crippen LogP contribution >= 0.6 is 0 Å². The number of rotatable bonds is 9. The topological polar surface area (TPSA) is 9.72 Å². The number of para-hydroxylation sites is 1. The summed E-state index contributed by atoms with van der Waals surface area (Å²) in [5, 5.41) is 0. The Balaban J connectivity index is 1.23. The molecular formula is C65H61N3. The van der Waals surface area contributed by atoms with E-state index < -0.39 is 5.41 Å². The van der Waals surface area contributed by atoms with E-state index in [1.54, 1.807) is 0 Å². The molecule has 0 atom stereocenters. The fourth-order valence-corrected chi connectivity index (χ4v) is 10.9. The van der Waals surface area contributed by atoms with Gasteiger partial charge in [-0.25, -0.2) is 0 Å². The van der Waals surface area contributed by atoms with Crippen LogP contribution in [0, 0.1) is 69.2 Å². The summed E-state index contributed by atoms with van der Waals surface area (Å²) in [6.07, 6.45) is 0. The van der Waals surface area contributed by atoms with Gasteiger partial charge >= 0.3 is 0 Å². The van der Waals surface area contributed by atoms with Gasteiger partial charge in [-0.2, -0.15) is 0 Å². The van der Waals surface area contributed by atoms with Gasteiger partial charge in [-0.05, 0) is 187 Å². The Morgan fingerprint density at radius 2 is 0.662 bits per heavy atom. The number of fused-ring (bicyclic) bond motifs is 2. The van der Waals surface area contributed by atoms with E-state index in [-0.39, 0.29) is 0 Å². The van der Waals surface area contributed by atoms with Crippen LogP contribution in [-0.4, -0.2) is 0 Å². The Bertz CT molecular complexity index is 3090. The van der Waals surface area contributed by atoms with Crippen LogP contribution in [0.25, 0.3) is 0 Å². The lowest BCUT2D eigenvalue weighted by molar-refractivity contribution is 0.730. The molecule has 0 fully saturated rings. The zero-order chi connectivity index (χ0) is 47.4. The molecule has 68 heavy (non-hydrogen) atoms. The average Bonchev–Trinajstić information content (AvgIpc) is 3.32. The predicted molar refractivity (Wildman–Crippen MR) is 290 cm³/mol. The molecule has 0 spiro atoms. The van der Waals surface area contributed by atoms with Crippen molar-refractivity contribution in [1.29, 1.82) is 0 Å². The van der Waals surface area contributed by atoms with Crippen molar-refractivity contribution in [2.45, 2.75) is 74.7 Å². The normalized spacial score (nSPS) is 12.6. The van der Waals surface area contributed by atoms with E-state index in [2.05, 4.69) is 272 Å². The smallest absolute Gasteiger partial charge is 0.0742 e. The van der Waals surface area contributed by atoms with Gasteiger partial charge in [0.15, 0.2) is 0 Å². The first-order valence-electron chi connectivity index (χ1n) is 24.0. The van der Waals surface area contributed by atoms with Crippen LogP contribution in [0.2, 0.25) is 0 Å². The Morgan fingerprint density at radius 3 is 1.07 bits per heavy atom. The highest BCUT2D eigenvalue weighted by Gasteiger charge is 2.46. The van der Waals surface area contributed by atoms with Crippen molar-refractivity contribution in [3.8, 4) is 0 Å². The molecule has 10 rings (SSSR count). The minimum atomic E-state index is -0.690. The Kier molecular flexibility index (Phi) is 11.4. The molecule has 1 aliphatic rings. The zero-order valence-corrected chi connectivity index (χ0v) is 41.2. The molecule has 3 heteroatoms. The minimum absolute atomic E-state index is 0.690. The number of hydrogen-bond donors (Lipinski definition) is 0. The third-order valence-corrected chi connectivity index (χ3v) is 14.1. The molecule has 0 amide bonds. The molecule has 0 bridgehead atoms. The Labute approximate surface area is 404 Å². The molecule has 0 radical (unpaired) electrons. The summed E-state index contributed by atoms with van der Waals surface area (Å²) in [5.74, 6) is 0. The standard InChI is InChI=1S/C65H61N3/c1-42-15-26-54(27-16-42)68-63-14-12-11-13-57(63)65(58-41-47(6)21-36-64(58)68,52-22-28-55(29-23-52)66(59-32-17-43(2)37-48(59)7)60-33-18-44(3)38-49(60)8)53-24-30-56(31-25-53)67(61-34-19-45(4)39-50(61)9)62-35-20-46(5)40-51(62)10/h11-41H,1-10H3. The van der Waals surface area contributed by atoms with E-state index in [9.17, 15) is 0 Å². The molecule has 9 aromatic carbocycles. The second-order valence-electron chi connectivity index (χ2n) is 19.4. The molecule has 0 aliphatic carbocycles. The fraction of sp³-hybridized carbons (Fsp3) is 0.169. The Hall–Kier alpha value is -7.62. The molecule has 336 valence electrons. The molecule has 1 heterocycles. The minimum Gasteiger partial charge on any atom is -0.310 e. The number of nitrogens with zero attached hydrogens (tertiary/aromatic N) is 3. The number of hydrogen-bond acceptors (Lipinski definition) is 3. The van der Waals surface area contributed by atoms with Crippen molar-refractivity contribution in [2.24, 2.45) is 0 Å². The van der Waals surface area contributed by atoms with Crippen LogP contribution in [-0.2, 0) is 5.41 Å². The van der Waals surface area contributed by atoms with Gasteiger partial charge < -0.3 is 14.7 Å².